The predicted molar refractivity (Wildman–Crippen MR) is 75.8 cm³/mol. The third-order valence-electron chi connectivity index (χ3n) is 2.83. The van der Waals surface area contributed by atoms with Crippen molar-refractivity contribution in [3.8, 4) is 5.75 Å². The van der Waals surface area contributed by atoms with E-state index in [1.54, 1.807) is 19.1 Å². The molecule has 0 saturated heterocycles. The Bertz CT molecular complexity index is 464. The minimum Gasteiger partial charge on any atom is -0.433 e. The average Bonchev–Trinajstić information content (AvgIpc) is 2.41. The van der Waals surface area contributed by atoms with Gasteiger partial charge in [0.2, 0.25) is 0 Å². The summed E-state index contributed by atoms with van der Waals surface area (Å²) in [6.07, 6.45) is 0.724. The summed E-state index contributed by atoms with van der Waals surface area (Å²) < 4.78 is 29.2. The zero-order chi connectivity index (χ0) is 15.8. The maximum absolute atomic E-state index is 12.4. The van der Waals surface area contributed by atoms with Crippen molar-refractivity contribution in [2.45, 2.75) is 26.9 Å². The number of carbonyl (C=O) groups excluding carboxylic acids is 1. The second-order valence-corrected chi connectivity index (χ2v) is 4.47. The number of para-hydroxylation sites is 1. The van der Waals surface area contributed by atoms with Gasteiger partial charge in [-0.1, -0.05) is 19.1 Å². The van der Waals surface area contributed by atoms with Gasteiger partial charge in [-0.25, -0.2) is 4.79 Å². The normalized spacial score (nSPS) is 10.6. The van der Waals surface area contributed by atoms with E-state index in [0.29, 0.717) is 12.1 Å². The number of anilines is 1. The standard InChI is InChI=1S/C14H20F2N2O3/c1-3-7-18(8-9-19)14(20)17-12-10(2)5-4-6-11(12)21-13(15)16/h4-6,13,19H,3,7-9H2,1-2H3,(H,17,20). The molecule has 0 aliphatic carbocycles. The molecular weight excluding hydrogens is 282 g/mol. The lowest BCUT2D eigenvalue weighted by molar-refractivity contribution is -0.0493. The molecule has 0 aliphatic rings. The minimum atomic E-state index is -2.97. The average molecular weight is 302 g/mol. The first kappa shape index (κ1) is 17.2. The molecule has 0 fully saturated rings. The number of halogens is 2. The number of hydrogen-bond donors (Lipinski definition) is 2. The third-order valence-corrected chi connectivity index (χ3v) is 2.83. The first-order valence-electron chi connectivity index (χ1n) is 6.70. The predicted octanol–water partition coefficient (Wildman–Crippen LogP) is 2.83. The number of rotatable bonds is 7. The number of aliphatic hydroxyl groups excluding tert-OH is 1. The van der Waals surface area contributed by atoms with Gasteiger partial charge in [0.1, 0.15) is 5.75 Å². The van der Waals surface area contributed by atoms with E-state index in [0.717, 1.165) is 6.42 Å². The molecular formula is C14H20F2N2O3. The molecule has 0 saturated carbocycles. The highest BCUT2D eigenvalue weighted by Crippen LogP contribution is 2.29. The van der Waals surface area contributed by atoms with Crippen molar-refractivity contribution >= 4 is 11.7 Å². The van der Waals surface area contributed by atoms with Crippen LogP contribution < -0.4 is 10.1 Å². The van der Waals surface area contributed by atoms with E-state index in [1.165, 1.54) is 11.0 Å². The number of urea groups is 1. The monoisotopic (exact) mass is 302 g/mol. The molecule has 0 aliphatic heterocycles. The molecule has 5 nitrogen and oxygen atoms in total. The van der Waals surface area contributed by atoms with Gasteiger partial charge < -0.3 is 20.1 Å². The van der Waals surface area contributed by atoms with E-state index in [4.69, 9.17) is 5.11 Å². The summed E-state index contributed by atoms with van der Waals surface area (Å²) in [7, 11) is 0. The van der Waals surface area contributed by atoms with E-state index >= 15 is 0 Å². The summed E-state index contributed by atoms with van der Waals surface area (Å²) in [5.41, 5.74) is 0.823. The van der Waals surface area contributed by atoms with Crippen LogP contribution in [0.5, 0.6) is 5.75 Å². The van der Waals surface area contributed by atoms with Crippen LogP contribution in [0.4, 0.5) is 19.3 Å². The number of nitrogens with one attached hydrogen (secondary N) is 1. The topological polar surface area (TPSA) is 61.8 Å². The molecule has 0 aromatic heterocycles. The number of aliphatic hydroxyl groups is 1. The Morgan fingerprint density at radius 3 is 2.71 bits per heavy atom. The van der Waals surface area contributed by atoms with Crippen molar-refractivity contribution in [2.75, 3.05) is 25.0 Å². The summed E-state index contributed by atoms with van der Waals surface area (Å²) in [6.45, 7) is 1.09. The van der Waals surface area contributed by atoms with Crippen LogP contribution in [0.15, 0.2) is 18.2 Å². The molecule has 2 amide bonds. The molecule has 1 rings (SSSR count). The fourth-order valence-corrected chi connectivity index (χ4v) is 1.89. The summed E-state index contributed by atoms with van der Waals surface area (Å²) in [4.78, 5) is 13.6. The molecule has 0 bridgehead atoms. The van der Waals surface area contributed by atoms with E-state index in [1.807, 2.05) is 6.92 Å². The third kappa shape index (κ3) is 5.18. The van der Waals surface area contributed by atoms with E-state index in [9.17, 15) is 13.6 Å². The number of aryl methyl sites for hydroxylation is 1. The summed E-state index contributed by atoms with van der Waals surface area (Å²) in [6, 6.07) is 4.16. The number of hydrogen-bond acceptors (Lipinski definition) is 3. The molecule has 7 heteroatoms. The Morgan fingerprint density at radius 1 is 1.43 bits per heavy atom. The molecule has 0 spiro atoms. The lowest BCUT2D eigenvalue weighted by atomic mass is 10.2. The van der Waals surface area contributed by atoms with Gasteiger partial charge in [0, 0.05) is 13.1 Å². The van der Waals surface area contributed by atoms with Gasteiger partial charge in [-0.3, -0.25) is 0 Å². The van der Waals surface area contributed by atoms with Crippen molar-refractivity contribution in [1.29, 1.82) is 0 Å². The van der Waals surface area contributed by atoms with Gasteiger partial charge in [-0.2, -0.15) is 8.78 Å². The highest BCUT2D eigenvalue weighted by molar-refractivity contribution is 5.92. The number of alkyl halides is 2. The largest absolute Gasteiger partial charge is 0.433 e. The van der Waals surface area contributed by atoms with Crippen LogP contribution in [0.25, 0.3) is 0 Å². The second-order valence-electron chi connectivity index (χ2n) is 4.47. The zero-order valence-corrected chi connectivity index (χ0v) is 12.1. The Balaban J connectivity index is 2.92. The van der Waals surface area contributed by atoms with Gasteiger partial charge >= 0.3 is 12.6 Å². The highest BCUT2D eigenvalue weighted by Gasteiger charge is 2.17. The molecule has 21 heavy (non-hydrogen) atoms. The molecule has 118 valence electrons. The van der Waals surface area contributed by atoms with Crippen molar-refractivity contribution in [3.63, 3.8) is 0 Å². The molecule has 0 atom stereocenters. The molecule has 0 heterocycles. The van der Waals surface area contributed by atoms with Crippen LogP contribution in [0.1, 0.15) is 18.9 Å². The number of benzene rings is 1. The smallest absolute Gasteiger partial charge is 0.387 e. The van der Waals surface area contributed by atoms with Gasteiger partial charge in [0.15, 0.2) is 0 Å². The Morgan fingerprint density at radius 2 is 2.14 bits per heavy atom. The van der Waals surface area contributed by atoms with Crippen LogP contribution in [-0.2, 0) is 0 Å². The van der Waals surface area contributed by atoms with Gasteiger partial charge in [0.05, 0.1) is 12.3 Å². The van der Waals surface area contributed by atoms with Crippen LogP contribution in [0.3, 0.4) is 0 Å². The van der Waals surface area contributed by atoms with Crippen LogP contribution in [-0.4, -0.2) is 42.3 Å². The number of carbonyl (C=O) groups is 1. The zero-order valence-electron chi connectivity index (χ0n) is 12.1. The van der Waals surface area contributed by atoms with Crippen molar-refractivity contribution in [3.05, 3.63) is 23.8 Å². The lowest BCUT2D eigenvalue weighted by Crippen LogP contribution is -2.37. The van der Waals surface area contributed by atoms with Crippen molar-refractivity contribution in [2.24, 2.45) is 0 Å². The van der Waals surface area contributed by atoms with Crippen LogP contribution >= 0.6 is 0 Å². The molecule has 2 N–H and O–H groups in total. The lowest BCUT2D eigenvalue weighted by Gasteiger charge is -2.23. The van der Waals surface area contributed by atoms with Crippen LogP contribution in [0.2, 0.25) is 0 Å². The molecule has 0 radical (unpaired) electrons. The SMILES string of the molecule is CCCN(CCO)C(=O)Nc1c(C)cccc1OC(F)F. The van der Waals surface area contributed by atoms with Gasteiger partial charge in [-0.05, 0) is 25.0 Å². The van der Waals surface area contributed by atoms with Crippen molar-refractivity contribution < 1.29 is 23.4 Å². The fourth-order valence-electron chi connectivity index (χ4n) is 1.89. The van der Waals surface area contributed by atoms with Gasteiger partial charge in [0.25, 0.3) is 0 Å². The van der Waals surface area contributed by atoms with E-state index in [2.05, 4.69) is 10.1 Å². The first-order valence-corrected chi connectivity index (χ1v) is 6.70. The number of nitrogens with zero attached hydrogens (tertiary/aromatic N) is 1. The quantitative estimate of drug-likeness (QED) is 0.814. The molecule has 1 aromatic carbocycles. The Labute approximate surface area is 122 Å². The van der Waals surface area contributed by atoms with Crippen molar-refractivity contribution in [1.82, 2.24) is 4.90 Å². The summed E-state index contributed by atoms with van der Waals surface area (Å²) in [5, 5.41) is 11.5. The van der Waals surface area contributed by atoms with E-state index in [-0.39, 0.29) is 24.6 Å². The molecule has 1 aromatic rings. The number of ether oxygens (including phenoxy) is 1. The van der Waals surface area contributed by atoms with Crippen LogP contribution in [0, 0.1) is 6.92 Å². The first-order chi connectivity index (χ1) is 9.99. The fraction of sp³-hybridized carbons (Fsp3) is 0.500. The Hall–Kier alpha value is -1.89. The summed E-state index contributed by atoms with van der Waals surface area (Å²) >= 11 is 0. The minimum absolute atomic E-state index is 0.0844. The molecule has 0 unspecified atom stereocenters. The van der Waals surface area contributed by atoms with E-state index < -0.39 is 12.6 Å². The van der Waals surface area contributed by atoms with Gasteiger partial charge in [-0.15, -0.1) is 0 Å². The number of amides is 2. The highest BCUT2D eigenvalue weighted by atomic mass is 19.3. The Kier molecular flexibility index (Phi) is 6.87. The summed E-state index contributed by atoms with van der Waals surface area (Å²) in [5.74, 6) is -0.0844. The second kappa shape index (κ2) is 8.41. The maximum Gasteiger partial charge on any atom is 0.387 e. The maximum atomic E-state index is 12.4.